The zero-order valence-electron chi connectivity index (χ0n) is 16.3. The van der Waals surface area contributed by atoms with E-state index in [1.54, 1.807) is 0 Å². The summed E-state index contributed by atoms with van der Waals surface area (Å²) in [5.74, 6) is -0.335. The van der Waals surface area contributed by atoms with Crippen LogP contribution in [-0.4, -0.2) is 54.2 Å². The van der Waals surface area contributed by atoms with Crippen molar-refractivity contribution in [1.29, 1.82) is 0 Å². The molecule has 0 unspecified atom stereocenters. The molecule has 0 radical (unpaired) electrons. The van der Waals surface area contributed by atoms with Gasteiger partial charge in [0.2, 0.25) is 0 Å². The van der Waals surface area contributed by atoms with Gasteiger partial charge in [-0.2, -0.15) is 0 Å². The standard InChI is InChI=1S/C20H24ClN3O2S2/c1-13-14(2)28-18(17(13)19(25)26-3)22-20(27)24-9-7-23(8-10-24)12-15-5-4-6-16(21)11-15/h4-6,11H,7-10,12H2,1-3H3,(H,22,27). The molecule has 1 N–H and O–H groups in total. The normalized spacial score (nSPS) is 14.8. The van der Waals surface area contributed by atoms with Crippen molar-refractivity contribution in [1.82, 2.24) is 9.80 Å². The van der Waals surface area contributed by atoms with Gasteiger partial charge < -0.3 is 15.0 Å². The van der Waals surface area contributed by atoms with Gasteiger partial charge in [-0.05, 0) is 49.3 Å². The van der Waals surface area contributed by atoms with Gasteiger partial charge in [0.15, 0.2) is 5.11 Å². The van der Waals surface area contributed by atoms with E-state index in [1.807, 2.05) is 32.0 Å². The molecule has 1 aromatic carbocycles. The van der Waals surface area contributed by atoms with Gasteiger partial charge in [0.05, 0.1) is 12.7 Å². The minimum atomic E-state index is -0.335. The summed E-state index contributed by atoms with van der Waals surface area (Å²) in [4.78, 5) is 17.8. The Labute approximate surface area is 180 Å². The van der Waals surface area contributed by atoms with Crippen molar-refractivity contribution in [2.45, 2.75) is 20.4 Å². The Hall–Kier alpha value is -1.67. The number of benzene rings is 1. The quantitative estimate of drug-likeness (QED) is 0.567. The lowest BCUT2D eigenvalue weighted by atomic mass is 10.1. The van der Waals surface area contributed by atoms with E-state index in [1.165, 1.54) is 24.0 Å². The summed E-state index contributed by atoms with van der Waals surface area (Å²) in [6.07, 6.45) is 0. The van der Waals surface area contributed by atoms with Crippen molar-refractivity contribution < 1.29 is 9.53 Å². The molecule has 0 aliphatic carbocycles. The van der Waals surface area contributed by atoms with Crippen molar-refractivity contribution in [3.8, 4) is 0 Å². The van der Waals surface area contributed by atoms with Crippen LogP contribution in [0.1, 0.15) is 26.4 Å². The third kappa shape index (κ3) is 4.84. The van der Waals surface area contributed by atoms with Crippen LogP contribution in [0.3, 0.4) is 0 Å². The number of piperazine rings is 1. The number of hydrogen-bond donors (Lipinski definition) is 1. The van der Waals surface area contributed by atoms with Crippen molar-refractivity contribution in [2.75, 3.05) is 38.6 Å². The highest BCUT2D eigenvalue weighted by Crippen LogP contribution is 2.33. The molecule has 2 aromatic rings. The van der Waals surface area contributed by atoms with Gasteiger partial charge in [0.1, 0.15) is 5.00 Å². The number of carbonyl (C=O) groups is 1. The average Bonchev–Trinajstić information content (AvgIpc) is 2.95. The number of aryl methyl sites for hydroxylation is 1. The Bertz CT molecular complexity index is 876. The summed E-state index contributed by atoms with van der Waals surface area (Å²) >= 11 is 13.2. The number of halogens is 1. The Balaban J connectivity index is 1.59. The first-order chi connectivity index (χ1) is 13.4. The summed E-state index contributed by atoms with van der Waals surface area (Å²) < 4.78 is 4.93. The van der Waals surface area contributed by atoms with Crippen molar-refractivity contribution in [2.24, 2.45) is 0 Å². The topological polar surface area (TPSA) is 44.8 Å². The van der Waals surface area contributed by atoms with E-state index in [2.05, 4.69) is 21.2 Å². The molecule has 0 spiro atoms. The number of nitrogens with zero attached hydrogens (tertiary/aromatic N) is 2. The Morgan fingerprint density at radius 2 is 2.00 bits per heavy atom. The van der Waals surface area contributed by atoms with Gasteiger partial charge in [-0.1, -0.05) is 23.7 Å². The second-order valence-corrected chi connectivity index (χ2v) is 8.85. The molecule has 3 rings (SSSR count). The summed E-state index contributed by atoms with van der Waals surface area (Å²) in [5, 5.41) is 5.44. The number of thiophene rings is 1. The molecule has 8 heteroatoms. The number of nitrogens with one attached hydrogen (secondary N) is 1. The highest BCUT2D eigenvalue weighted by atomic mass is 35.5. The maximum absolute atomic E-state index is 12.1. The Morgan fingerprint density at radius 1 is 1.29 bits per heavy atom. The fourth-order valence-corrected chi connectivity index (χ4v) is 4.85. The van der Waals surface area contributed by atoms with Gasteiger partial charge in [0, 0.05) is 42.6 Å². The monoisotopic (exact) mass is 437 g/mol. The number of anilines is 1. The molecule has 28 heavy (non-hydrogen) atoms. The SMILES string of the molecule is COC(=O)c1c(NC(=S)N2CCN(Cc3cccc(Cl)c3)CC2)sc(C)c1C. The first-order valence-electron chi connectivity index (χ1n) is 9.10. The molecule has 2 heterocycles. The lowest BCUT2D eigenvalue weighted by Gasteiger charge is -2.36. The van der Waals surface area contributed by atoms with E-state index in [9.17, 15) is 4.79 Å². The minimum absolute atomic E-state index is 0.335. The summed E-state index contributed by atoms with van der Waals surface area (Å²) in [6.45, 7) is 8.31. The van der Waals surface area contributed by atoms with Gasteiger partial charge >= 0.3 is 5.97 Å². The van der Waals surface area contributed by atoms with Gasteiger partial charge in [0.25, 0.3) is 0 Å². The van der Waals surface area contributed by atoms with Crippen LogP contribution < -0.4 is 5.32 Å². The van der Waals surface area contributed by atoms with Crippen LogP contribution in [0.25, 0.3) is 0 Å². The average molecular weight is 438 g/mol. The van der Waals surface area contributed by atoms with E-state index >= 15 is 0 Å². The number of ether oxygens (including phenoxy) is 1. The molecule has 0 bridgehead atoms. The van der Waals surface area contributed by atoms with Crippen LogP contribution in [0.2, 0.25) is 5.02 Å². The van der Waals surface area contributed by atoms with E-state index < -0.39 is 0 Å². The van der Waals surface area contributed by atoms with Crippen LogP contribution in [0.15, 0.2) is 24.3 Å². The fraction of sp³-hybridized carbons (Fsp3) is 0.400. The number of esters is 1. The van der Waals surface area contributed by atoms with E-state index in [4.69, 9.17) is 28.6 Å². The van der Waals surface area contributed by atoms with Crippen molar-refractivity contribution in [3.63, 3.8) is 0 Å². The van der Waals surface area contributed by atoms with Crippen LogP contribution in [0.4, 0.5) is 5.00 Å². The molecule has 1 fully saturated rings. The lowest BCUT2D eigenvalue weighted by Crippen LogP contribution is -2.49. The maximum Gasteiger partial charge on any atom is 0.341 e. The lowest BCUT2D eigenvalue weighted by molar-refractivity contribution is 0.0601. The Morgan fingerprint density at radius 3 is 2.64 bits per heavy atom. The zero-order chi connectivity index (χ0) is 20.3. The molecular formula is C20H24ClN3O2S2. The van der Waals surface area contributed by atoms with E-state index in [-0.39, 0.29) is 5.97 Å². The molecule has 1 saturated heterocycles. The van der Waals surface area contributed by atoms with Crippen molar-refractivity contribution in [3.05, 3.63) is 50.9 Å². The molecule has 0 atom stereocenters. The van der Waals surface area contributed by atoms with Crippen LogP contribution in [-0.2, 0) is 11.3 Å². The van der Waals surface area contributed by atoms with Gasteiger partial charge in [-0.25, -0.2) is 4.79 Å². The predicted octanol–water partition coefficient (Wildman–Crippen LogP) is 4.32. The van der Waals surface area contributed by atoms with Crippen LogP contribution >= 0.6 is 35.2 Å². The first kappa shape index (κ1) is 21.0. The highest BCUT2D eigenvalue weighted by molar-refractivity contribution is 7.80. The molecule has 0 saturated carbocycles. The maximum atomic E-state index is 12.1. The molecule has 1 aliphatic heterocycles. The number of carbonyl (C=O) groups excluding carboxylic acids is 1. The minimum Gasteiger partial charge on any atom is -0.465 e. The second kappa shape index (κ2) is 9.22. The number of thiocarbonyl (C=S) groups is 1. The Kier molecular flexibility index (Phi) is 6.93. The summed E-state index contributed by atoms with van der Waals surface area (Å²) in [5.41, 5.74) is 2.73. The fourth-order valence-electron chi connectivity index (χ4n) is 3.24. The van der Waals surface area contributed by atoms with Gasteiger partial charge in [-0.15, -0.1) is 11.3 Å². The van der Waals surface area contributed by atoms with E-state index in [0.717, 1.165) is 53.2 Å². The summed E-state index contributed by atoms with van der Waals surface area (Å²) in [7, 11) is 1.40. The largest absolute Gasteiger partial charge is 0.465 e. The molecular weight excluding hydrogens is 414 g/mol. The number of methoxy groups -OCH3 is 1. The molecule has 1 aromatic heterocycles. The molecule has 0 amide bonds. The van der Waals surface area contributed by atoms with Gasteiger partial charge in [-0.3, -0.25) is 4.90 Å². The number of rotatable bonds is 4. The summed E-state index contributed by atoms with van der Waals surface area (Å²) in [6, 6.07) is 7.98. The third-order valence-corrected chi connectivity index (χ3v) is 6.67. The zero-order valence-corrected chi connectivity index (χ0v) is 18.6. The highest BCUT2D eigenvalue weighted by Gasteiger charge is 2.24. The van der Waals surface area contributed by atoms with Crippen molar-refractivity contribution >= 4 is 51.2 Å². The smallest absolute Gasteiger partial charge is 0.341 e. The molecule has 1 aliphatic rings. The third-order valence-electron chi connectivity index (χ3n) is 4.95. The number of hydrogen-bond acceptors (Lipinski definition) is 5. The van der Waals surface area contributed by atoms with E-state index in [0.29, 0.717) is 10.7 Å². The first-order valence-corrected chi connectivity index (χ1v) is 10.7. The van der Waals surface area contributed by atoms with Crippen LogP contribution in [0.5, 0.6) is 0 Å². The van der Waals surface area contributed by atoms with Crippen LogP contribution in [0, 0.1) is 13.8 Å². The predicted molar refractivity (Wildman–Crippen MR) is 120 cm³/mol. The molecule has 5 nitrogen and oxygen atoms in total. The molecule has 150 valence electrons. The second-order valence-electron chi connectivity index (χ2n) is 6.80.